The predicted molar refractivity (Wildman–Crippen MR) is 74.9 cm³/mol. The summed E-state index contributed by atoms with van der Waals surface area (Å²) in [6.45, 7) is 1.93. The van der Waals surface area contributed by atoms with Crippen molar-refractivity contribution in [1.29, 1.82) is 0 Å². The average Bonchev–Trinajstić information content (AvgIpc) is 2.35. The Hall–Kier alpha value is -1.05. The maximum atomic E-state index is 13.6. The van der Waals surface area contributed by atoms with Crippen LogP contribution >= 0.6 is 23.2 Å². The van der Waals surface area contributed by atoms with Gasteiger partial charge in [-0.1, -0.05) is 48.0 Å². The van der Waals surface area contributed by atoms with E-state index in [2.05, 4.69) is 0 Å². The molecule has 1 unspecified atom stereocenters. The van der Waals surface area contributed by atoms with Crippen LogP contribution in [-0.4, -0.2) is 0 Å². The largest absolute Gasteiger partial charge is 0.207 e. The molecule has 0 saturated heterocycles. The van der Waals surface area contributed by atoms with Crippen molar-refractivity contribution in [2.24, 2.45) is 0 Å². The van der Waals surface area contributed by atoms with Crippen molar-refractivity contribution in [2.75, 3.05) is 0 Å². The minimum Gasteiger partial charge on any atom is -0.207 e. The van der Waals surface area contributed by atoms with Gasteiger partial charge in [-0.2, -0.15) is 0 Å². The Morgan fingerprint density at radius 3 is 2.56 bits per heavy atom. The lowest BCUT2D eigenvalue weighted by molar-refractivity contribution is 0.607. The molecule has 1 atom stereocenters. The van der Waals surface area contributed by atoms with E-state index in [0.717, 1.165) is 11.1 Å². The van der Waals surface area contributed by atoms with Gasteiger partial charge in [0.15, 0.2) is 0 Å². The molecule has 2 aromatic rings. The summed E-state index contributed by atoms with van der Waals surface area (Å²) in [5.74, 6) is -0.230. The third-order valence-corrected chi connectivity index (χ3v) is 3.82. The van der Waals surface area contributed by atoms with Crippen LogP contribution in [0.1, 0.15) is 22.1 Å². The second-order valence-electron chi connectivity index (χ2n) is 4.24. The van der Waals surface area contributed by atoms with E-state index < -0.39 is 0 Å². The first-order valence-corrected chi connectivity index (χ1v) is 6.53. The van der Waals surface area contributed by atoms with Crippen molar-refractivity contribution in [3.05, 3.63) is 70.0 Å². The van der Waals surface area contributed by atoms with E-state index >= 15 is 0 Å². The van der Waals surface area contributed by atoms with Gasteiger partial charge in [-0.25, -0.2) is 4.39 Å². The van der Waals surface area contributed by atoms with Gasteiger partial charge in [0, 0.05) is 5.02 Å². The molecule has 94 valence electrons. The van der Waals surface area contributed by atoms with E-state index in [1.165, 1.54) is 6.07 Å². The molecule has 3 heteroatoms. The average molecular weight is 283 g/mol. The summed E-state index contributed by atoms with van der Waals surface area (Å²) in [4.78, 5) is 0. The summed E-state index contributed by atoms with van der Waals surface area (Å²) < 4.78 is 13.6. The van der Waals surface area contributed by atoms with E-state index in [4.69, 9.17) is 23.2 Å². The first-order chi connectivity index (χ1) is 8.59. The molecule has 0 radical (unpaired) electrons. The maximum absolute atomic E-state index is 13.6. The Morgan fingerprint density at radius 1 is 1.11 bits per heavy atom. The molecule has 0 aliphatic rings. The number of hydrogen-bond donors (Lipinski definition) is 0. The standard InChI is InChI=1S/C15H13Cl2F/c1-10-5-4-7-12(15(10)17)13(16)9-11-6-2-3-8-14(11)18/h2-8,13H,9H2,1H3. The smallest absolute Gasteiger partial charge is 0.126 e. The predicted octanol–water partition coefficient (Wildman–Crippen LogP) is 5.31. The number of rotatable bonds is 3. The lowest BCUT2D eigenvalue weighted by Gasteiger charge is -2.13. The fourth-order valence-electron chi connectivity index (χ4n) is 1.88. The van der Waals surface area contributed by atoms with Crippen LogP contribution in [0.25, 0.3) is 0 Å². The molecular weight excluding hydrogens is 270 g/mol. The molecule has 0 N–H and O–H groups in total. The van der Waals surface area contributed by atoms with Crippen molar-refractivity contribution >= 4 is 23.2 Å². The quantitative estimate of drug-likeness (QED) is 0.669. The van der Waals surface area contributed by atoms with Gasteiger partial charge in [-0.05, 0) is 36.1 Å². The van der Waals surface area contributed by atoms with Crippen molar-refractivity contribution < 1.29 is 4.39 Å². The number of alkyl halides is 1. The molecule has 0 nitrogen and oxygen atoms in total. The van der Waals surface area contributed by atoms with Crippen LogP contribution in [-0.2, 0) is 6.42 Å². The Bertz CT molecular complexity index is 552. The lowest BCUT2D eigenvalue weighted by atomic mass is 10.0. The van der Waals surface area contributed by atoms with Crippen LogP contribution in [0.3, 0.4) is 0 Å². The molecule has 0 amide bonds. The van der Waals surface area contributed by atoms with E-state index in [1.807, 2.05) is 25.1 Å². The molecule has 0 heterocycles. The number of benzene rings is 2. The second kappa shape index (κ2) is 5.73. The summed E-state index contributed by atoms with van der Waals surface area (Å²) >= 11 is 12.6. The van der Waals surface area contributed by atoms with Gasteiger partial charge in [-0.15, -0.1) is 11.6 Å². The zero-order valence-corrected chi connectivity index (χ0v) is 11.5. The van der Waals surface area contributed by atoms with Gasteiger partial charge in [-0.3, -0.25) is 0 Å². The van der Waals surface area contributed by atoms with Crippen molar-refractivity contribution in [2.45, 2.75) is 18.7 Å². The van der Waals surface area contributed by atoms with Crippen molar-refractivity contribution in [3.63, 3.8) is 0 Å². The van der Waals surface area contributed by atoms with Crippen molar-refractivity contribution in [3.8, 4) is 0 Å². The zero-order chi connectivity index (χ0) is 13.1. The van der Waals surface area contributed by atoms with Crippen molar-refractivity contribution in [1.82, 2.24) is 0 Å². The highest BCUT2D eigenvalue weighted by atomic mass is 35.5. The maximum Gasteiger partial charge on any atom is 0.126 e. The van der Waals surface area contributed by atoms with Gasteiger partial charge in [0.05, 0.1) is 5.38 Å². The van der Waals surface area contributed by atoms with Gasteiger partial charge in [0.2, 0.25) is 0 Å². The van der Waals surface area contributed by atoms with Crippen LogP contribution in [0.4, 0.5) is 4.39 Å². The molecule has 0 aromatic heterocycles. The lowest BCUT2D eigenvalue weighted by Crippen LogP contribution is -1.99. The second-order valence-corrected chi connectivity index (χ2v) is 5.15. The SMILES string of the molecule is Cc1cccc(C(Cl)Cc2ccccc2F)c1Cl. The van der Waals surface area contributed by atoms with Crippen LogP contribution < -0.4 is 0 Å². The Balaban J connectivity index is 2.25. The minimum absolute atomic E-state index is 0.230. The Kier molecular flexibility index (Phi) is 4.26. The number of halogens is 3. The summed E-state index contributed by atoms with van der Waals surface area (Å²) in [6, 6.07) is 12.4. The van der Waals surface area contributed by atoms with Gasteiger partial charge in [0.25, 0.3) is 0 Å². The number of aryl methyl sites for hydroxylation is 1. The summed E-state index contributed by atoms with van der Waals surface area (Å²) in [5, 5.41) is 0.336. The van der Waals surface area contributed by atoms with Gasteiger partial charge >= 0.3 is 0 Å². The van der Waals surface area contributed by atoms with Crippen LogP contribution in [0.2, 0.25) is 5.02 Å². The molecule has 18 heavy (non-hydrogen) atoms. The van der Waals surface area contributed by atoms with E-state index in [1.54, 1.807) is 18.2 Å². The highest BCUT2D eigenvalue weighted by molar-refractivity contribution is 6.33. The molecule has 0 fully saturated rings. The van der Waals surface area contributed by atoms with E-state index in [0.29, 0.717) is 17.0 Å². The molecule has 2 aromatic carbocycles. The van der Waals surface area contributed by atoms with E-state index in [9.17, 15) is 4.39 Å². The van der Waals surface area contributed by atoms with Gasteiger partial charge < -0.3 is 0 Å². The Labute approximate surface area is 116 Å². The molecule has 0 spiro atoms. The minimum atomic E-state index is -0.325. The molecule has 0 aliphatic heterocycles. The highest BCUT2D eigenvalue weighted by Crippen LogP contribution is 2.32. The van der Waals surface area contributed by atoms with Crippen LogP contribution in [0.15, 0.2) is 42.5 Å². The van der Waals surface area contributed by atoms with Crippen LogP contribution in [0, 0.1) is 12.7 Å². The third-order valence-electron chi connectivity index (χ3n) is 2.92. The molecular formula is C15H13Cl2F. The topological polar surface area (TPSA) is 0 Å². The summed E-state index contributed by atoms with van der Waals surface area (Å²) in [5.41, 5.74) is 2.44. The Morgan fingerprint density at radius 2 is 1.83 bits per heavy atom. The van der Waals surface area contributed by atoms with Gasteiger partial charge in [0.1, 0.15) is 5.82 Å². The fourth-order valence-corrected chi connectivity index (χ4v) is 2.54. The summed E-state index contributed by atoms with van der Waals surface area (Å²) in [6.07, 6.45) is 0.428. The summed E-state index contributed by atoms with van der Waals surface area (Å²) in [7, 11) is 0. The normalized spacial score (nSPS) is 12.4. The third kappa shape index (κ3) is 2.85. The molecule has 0 saturated carbocycles. The monoisotopic (exact) mass is 282 g/mol. The zero-order valence-electron chi connectivity index (χ0n) is 9.96. The molecule has 0 aliphatic carbocycles. The molecule has 0 bridgehead atoms. The number of hydrogen-bond acceptors (Lipinski definition) is 0. The van der Waals surface area contributed by atoms with E-state index in [-0.39, 0.29) is 11.2 Å². The van der Waals surface area contributed by atoms with Crippen LogP contribution in [0.5, 0.6) is 0 Å². The fraction of sp³-hybridized carbons (Fsp3) is 0.200. The molecule has 2 rings (SSSR count). The highest BCUT2D eigenvalue weighted by Gasteiger charge is 2.15. The first kappa shape index (κ1) is 13.4. The first-order valence-electron chi connectivity index (χ1n) is 5.72.